The van der Waals surface area contributed by atoms with Gasteiger partial charge in [-0.05, 0) is 25.3 Å². The summed E-state index contributed by atoms with van der Waals surface area (Å²) in [6.07, 6.45) is 0.901. The minimum absolute atomic E-state index is 0.0548. The number of carboxylic acids is 1. The summed E-state index contributed by atoms with van der Waals surface area (Å²) in [4.78, 5) is 10.8. The third-order valence-corrected chi connectivity index (χ3v) is 3.69. The smallest absolute Gasteiger partial charge is 0.372 e. The van der Waals surface area contributed by atoms with Gasteiger partial charge in [-0.2, -0.15) is 0 Å². The first-order valence-electron chi connectivity index (χ1n) is 5.57. The number of rotatable bonds is 6. The van der Waals surface area contributed by atoms with Crippen LogP contribution in [0.1, 0.15) is 42.1 Å². The zero-order valence-corrected chi connectivity index (χ0v) is 11.2. The van der Waals surface area contributed by atoms with Crippen molar-refractivity contribution in [1.29, 1.82) is 0 Å². The van der Waals surface area contributed by atoms with Crippen molar-refractivity contribution in [3.05, 3.63) is 23.2 Å². The molecular weight excluding hydrogens is 240 g/mol. The zero-order valence-electron chi connectivity index (χ0n) is 10.4. The highest BCUT2D eigenvalue weighted by atomic mass is 32.2. The van der Waals surface area contributed by atoms with E-state index in [1.165, 1.54) is 0 Å². The highest BCUT2D eigenvalue weighted by Crippen LogP contribution is 2.16. The molecule has 1 atom stereocenters. The Morgan fingerprint density at radius 1 is 1.53 bits per heavy atom. The van der Waals surface area contributed by atoms with Gasteiger partial charge < -0.3 is 9.52 Å². The molecule has 1 N–H and O–H groups in total. The van der Waals surface area contributed by atoms with Crippen LogP contribution < -0.4 is 0 Å². The van der Waals surface area contributed by atoms with Gasteiger partial charge in [-0.3, -0.25) is 4.21 Å². The third kappa shape index (κ3) is 4.34. The SMILES string of the molecule is Cc1cc(CS(=O)CCC(C)C)oc1C(=O)O. The van der Waals surface area contributed by atoms with Gasteiger partial charge in [0.1, 0.15) is 5.76 Å². The Morgan fingerprint density at radius 2 is 2.18 bits per heavy atom. The maximum absolute atomic E-state index is 11.7. The van der Waals surface area contributed by atoms with Crippen molar-refractivity contribution in [2.75, 3.05) is 5.75 Å². The van der Waals surface area contributed by atoms with Gasteiger partial charge in [0.05, 0.1) is 5.75 Å². The van der Waals surface area contributed by atoms with Crippen molar-refractivity contribution >= 4 is 16.8 Å². The molecule has 0 bridgehead atoms. The van der Waals surface area contributed by atoms with Gasteiger partial charge >= 0.3 is 5.97 Å². The summed E-state index contributed by atoms with van der Waals surface area (Å²) in [5.41, 5.74) is 0.577. The number of aryl methyl sites for hydroxylation is 1. The van der Waals surface area contributed by atoms with Gasteiger partial charge in [-0.1, -0.05) is 13.8 Å². The Kier molecular flexibility index (Phi) is 4.93. The van der Waals surface area contributed by atoms with Crippen molar-refractivity contribution in [2.24, 2.45) is 5.92 Å². The highest BCUT2D eigenvalue weighted by molar-refractivity contribution is 7.84. The summed E-state index contributed by atoms with van der Waals surface area (Å²) in [7, 11) is -0.986. The lowest BCUT2D eigenvalue weighted by molar-refractivity contribution is 0.0659. The maximum atomic E-state index is 11.7. The van der Waals surface area contributed by atoms with Crippen molar-refractivity contribution < 1.29 is 18.5 Å². The van der Waals surface area contributed by atoms with E-state index in [4.69, 9.17) is 9.52 Å². The fraction of sp³-hybridized carbons (Fsp3) is 0.583. The molecule has 0 radical (unpaired) electrons. The fourth-order valence-corrected chi connectivity index (χ4v) is 2.77. The van der Waals surface area contributed by atoms with E-state index in [0.717, 1.165) is 6.42 Å². The lowest BCUT2D eigenvalue weighted by atomic mass is 10.2. The number of hydrogen-bond donors (Lipinski definition) is 1. The third-order valence-electron chi connectivity index (χ3n) is 2.39. The summed E-state index contributed by atoms with van der Waals surface area (Å²) in [6, 6.07) is 1.65. The second-order valence-corrected chi connectivity index (χ2v) is 6.08. The van der Waals surface area contributed by atoms with E-state index < -0.39 is 16.8 Å². The number of aromatic carboxylic acids is 1. The molecule has 0 aliphatic carbocycles. The van der Waals surface area contributed by atoms with Crippen molar-refractivity contribution in [3.8, 4) is 0 Å². The van der Waals surface area contributed by atoms with Crippen LogP contribution in [0.2, 0.25) is 0 Å². The molecule has 96 valence electrons. The monoisotopic (exact) mass is 258 g/mol. The van der Waals surface area contributed by atoms with Gasteiger partial charge in [-0.15, -0.1) is 0 Å². The highest BCUT2D eigenvalue weighted by Gasteiger charge is 2.15. The van der Waals surface area contributed by atoms with E-state index in [1.807, 2.05) is 0 Å². The molecule has 0 saturated carbocycles. The van der Waals surface area contributed by atoms with Crippen LogP contribution in [-0.4, -0.2) is 21.0 Å². The summed E-state index contributed by atoms with van der Waals surface area (Å²) in [5.74, 6) is 0.789. The van der Waals surface area contributed by atoms with Crippen LogP contribution in [0.3, 0.4) is 0 Å². The van der Waals surface area contributed by atoms with E-state index in [-0.39, 0.29) is 5.76 Å². The van der Waals surface area contributed by atoms with Crippen LogP contribution in [0.5, 0.6) is 0 Å². The molecule has 1 rings (SSSR count). The average molecular weight is 258 g/mol. The standard InChI is InChI=1S/C12H18O4S/c1-8(2)4-5-17(15)7-10-6-9(3)11(16-10)12(13)14/h6,8H,4-5,7H2,1-3H3,(H,13,14). The molecule has 0 spiro atoms. The van der Waals surface area contributed by atoms with Crippen LogP contribution in [-0.2, 0) is 16.6 Å². The normalized spacial score (nSPS) is 12.9. The molecule has 0 aliphatic heterocycles. The summed E-state index contributed by atoms with van der Waals surface area (Å²) < 4.78 is 16.9. The Hall–Kier alpha value is -1.10. The minimum Gasteiger partial charge on any atom is -0.475 e. The fourth-order valence-electron chi connectivity index (χ4n) is 1.43. The van der Waals surface area contributed by atoms with Crippen LogP contribution in [0.15, 0.2) is 10.5 Å². The molecule has 1 aromatic rings. The zero-order chi connectivity index (χ0) is 13.0. The van der Waals surface area contributed by atoms with E-state index in [0.29, 0.717) is 28.7 Å². The molecule has 5 heteroatoms. The molecule has 1 heterocycles. The molecule has 1 aromatic heterocycles. The van der Waals surface area contributed by atoms with Crippen LogP contribution in [0.25, 0.3) is 0 Å². The number of hydrogen-bond acceptors (Lipinski definition) is 3. The molecular formula is C12H18O4S. The minimum atomic E-state index is -1.08. The van der Waals surface area contributed by atoms with Gasteiger partial charge in [0, 0.05) is 22.1 Å². The second kappa shape index (κ2) is 6.00. The predicted molar refractivity (Wildman–Crippen MR) is 66.6 cm³/mol. The van der Waals surface area contributed by atoms with Gasteiger partial charge in [0.25, 0.3) is 0 Å². The number of furan rings is 1. The molecule has 0 aromatic carbocycles. The summed E-state index contributed by atoms with van der Waals surface area (Å²) in [5, 5.41) is 8.82. The largest absolute Gasteiger partial charge is 0.475 e. The first kappa shape index (κ1) is 14.0. The van der Waals surface area contributed by atoms with Crippen LogP contribution >= 0.6 is 0 Å². The van der Waals surface area contributed by atoms with Crippen LogP contribution in [0, 0.1) is 12.8 Å². The van der Waals surface area contributed by atoms with Crippen molar-refractivity contribution in [3.63, 3.8) is 0 Å². The Balaban J connectivity index is 2.60. The van der Waals surface area contributed by atoms with Crippen molar-refractivity contribution in [1.82, 2.24) is 0 Å². The molecule has 0 aliphatic rings. The van der Waals surface area contributed by atoms with E-state index in [9.17, 15) is 9.00 Å². The Bertz CT molecular complexity index is 420. The maximum Gasteiger partial charge on any atom is 0.372 e. The molecule has 4 nitrogen and oxygen atoms in total. The lowest BCUT2D eigenvalue weighted by Gasteiger charge is -2.03. The molecule has 17 heavy (non-hydrogen) atoms. The quantitative estimate of drug-likeness (QED) is 0.851. The Labute approximate surface area is 103 Å². The topological polar surface area (TPSA) is 67.5 Å². The van der Waals surface area contributed by atoms with Gasteiger partial charge in [0.15, 0.2) is 0 Å². The number of carbonyl (C=O) groups is 1. The summed E-state index contributed by atoms with van der Waals surface area (Å²) >= 11 is 0. The van der Waals surface area contributed by atoms with E-state index >= 15 is 0 Å². The van der Waals surface area contributed by atoms with Gasteiger partial charge in [0.2, 0.25) is 5.76 Å². The second-order valence-electron chi connectivity index (χ2n) is 4.50. The summed E-state index contributed by atoms with van der Waals surface area (Å²) in [6.45, 7) is 5.83. The first-order valence-corrected chi connectivity index (χ1v) is 7.06. The Morgan fingerprint density at radius 3 is 2.65 bits per heavy atom. The average Bonchev–Trinajstić information content (AvgIpc) is 2.56. The van der Waals surface area contributed by atoms with E-state index in [2.05, 4.69) is 13.8 Å². The molecule has 0 fully saturated rings. The molecule has 1 unspecified atom stereocenters. The lowest BCUT2D eigenvalue weighted by Crippen LogP contribution is -2.03. The predicted octanol–water partition coefficient (Wildman–Crippen LogP) is 2.58. The molecule has 0 saturated heterocycles. The van der Waals surface area contributed by atoms with E-state index in [1.54, 1.807) is 13.0 Å². The van der Waals surface area contributed by atoms with Crippen molar-refractivity contribution in [2.45, 2.75) is 32.9 Å². The first-order chi connectivity index (χ1) is 7.90. The number of carboxylic acid groups (broad SMARTS) is 1. The van der Waals surface area contributed by atoms with Crippen LogP contribution in [0.4, 0.5) is 0 Å². The molecule has 0 amide bonds. The van der Waals surface area contributed by atoms with Gasteiger partial charge in [-0.25, -0.2) is 4.79 Å².